The van der Waals surface area contributed by atoms with Gasteiger partial charge in [-0.15, -0.1) is 0 Å². The average Bonchev–Trinajstić information content (AvgIpc) is 3.27. The fourth-order valence-corrected chi connectivity index (χ4v) is 6.97. The fraction of sp³-hybridized carbons (Fsp3) is 0.130. The molecule has 0 N–H and O–H groups in total. The van der Waals surface area contributed by atoms with Crippen LogP contribution in [0.15, 0.2) is 77.7 Å². The van der Waals surface area contributed by atoms with E-state index in [1.807, 2.05) is 24.3 Å². The molecule has 8 heteroatoms. The minimum Gasteiger partial charge on any atom is -0.269 e. The molecule has 0 spiro atoms. The third-order valence-corrected chi connectivity index (χ3v) is 8.42. The summed E-state index contributed by atoms with van der Waals surface area (Å²) in [6, 6.07) is 21.0. The standard InChI is InChI=1S/C23H16N2O4S2/c26-22-16-9-3-4-10-17(16)23(27)24(22)19-13-21(15-8-2-1-7-14(15)19)31-30-20-12-6-5-11-18(20)25(28)29/h1-12,19,21H,13H2/t19-,21?/m0/s1. The van der Waals surface area contributed by atoms with Gasteiger partial charge in [-0.1, -0.05) is 59.3 Å². The maximum Gasteiger partial charge on any atom is 0.283 e. The highest BCUT2D eigenvalue weighted by molar-refractivity contribution is 8.76. The van der Waals surface area contributed by atoms with E-state index in [2.05, 4.69) is 0 Å². The lowest BCUT2D eigenvalue weighted by Gasteiger charge is -2.23. The summed E-state index contributed by atoms with van der Waals surface area (Å²) in [4.78, 5) is 39.0. The minimum absolute atomic E-state index is 0.00433. The molecule has 3 aromatic carbocycles. The van der Waals surface area contributed by atoms with Crippen molar-refractivity contribution >= 4 is 39.1 Å². The summed E-state index contributed by atoms with van der Waals surface area (Å²) < 4.78 is 0. The summed E-state index contributed by atoms with van der Waals surface area (Å²) in [6.07, 6.45) is 0.573. The predicted molar refractivity (Wildman–Crippen MR) is 120 cm³/mol. The van der Waals surface area contributed by atoms with Crippen LogP contribution in [0, 0.1) is 10.1 Å². The molecule has 1 aliphatic heterocycles. The number of carbonyl (C=O) groups excluding carboxylic acids is 2. The zero-order chi connectivity index (χ0) is 21.5. The van der Waals surface area contributed by atoms with Gasteiger partial charge in [-0.05, 0) is 46.5 Å². The Bertz CT molecular complexity index is 1190. The highest BCUT2D eigenvalue weighted by Gasteiger charge is 2.45. The number of benzene rings is 3. The van der Waals surface area contributed by atoms with Gasteiger partial charge in [0.1, 0.15) is 0 Å². The van der Waals surface area contributed by atoms with Crippen molar-refractivity contribution in [2.45, 2.75) is 22.6 Å². The first kappa shape index (κ1) is 19.8. The Morgan fingerprint density at radius 3 is 2.10 bits per heavy atom. The van der Waals surface area contributed by atoms with E-state index in [-0.39, 0.29) is 33.7 Å². The van der Waals surface area contributed by atoms with E-state index in [1.54, 1.807) is 42.5 Å². The number of nitrogens with zero attached hydrogens (tertiary/aromatic N) is 2. The number of nitro groups is 1. The molecule has 0 bridgehead atoms. The molecule has 6 nitrogen and oxygen atoms in total. The number of carbonyl (C=O) groups is 2. The maximum atomic E-state index is 13.0. The Hall–Kier alpha value is -3.10. The zero-order valence-electron chi connectivity index (χ0n) is 16.1. The van der Waals surface area contributed by atoms with Crippen LogP contribution in [0.25, 0.3) is 0 Å². The Labute approximate surface area is 186 Å². The molecule has 0 fully saturated rings. The Balaban J connectivity index is 1.43. The molecule has 1 unspecified atom stereocenters. The van der Waals surface area contributed by atoms with E-state index in [1.165, 1.54) is 32.6 Å². The molecule has 0 saturated heterocycles. The molecule has 2 aliphatic rings. The van der Waals surface area contributed by atoms with Crippen LogP contribution in [0.5, 0.6) is 0 Å². The molecular formula is C23H16N2O4S2. The van der Waals surface area contributed by atoms with Gasteiger partial charge in [-0.25, -0.2) is 0 Å². The molecular weight excluding hydrogens is 432 g/mol. The highest BCUT2D eigenvalue weighted by atomic mass is 33.1. The van der Waals surface area contributed by atoms with Crippen LogP contribution in [0.2, 0.25) is 0 Å². The van der Waals surface area contributed by atoms with Crippen molar-refractivity contribution in [3.8, 4) is 0 Å². The summed E-state index contributed by atoms with van der Waals surface area (Å²) in [7, 11) is 2.88. The van der Waals surface area contributed by atoms with Gasteiger partial charge in [-0.3, -0.25) is 24.6 Å². The summed E-state index contributed by atoms with van der Waals surface area (Å²) in [6.45, 7) is 0. The van der Waals surface area contributed by atoms with Crippen molar-refractivity contribution < 1.29 is 14.5 Å². The Morgan fingerprint density at radius 1 is 0.839 bits per heavy atom. The van der Waals surface area contributed by atoms with Crippen LogP contribution in [0.1, 0.15) is 49.6 Å². The lowest BCUT2D eigenvalue weighted by molar-refractivity contribution is -0.387. The minimum atomic E-state index is -0.382. The van der Waals surface area contributed by atoms with Crippen molar-refractivity contribution in [3.63, 3.8) is 0 Å². The van der Waals surface area contributed by atoms with Crippen molar-refractivity contribution in [1.29, 1.82) is 0 Å². The topological polar surface area (TPSA) is 80.5 Å². The Kier molecular flexibility index (Phi) is 5.03. The number of amides is 2. The van der Waals surface area contributed by atoms with Crippen molar-refractivity contribution in [1.82, 2.24) is 4.90 Å². The monoisotopic (exact) mass is 448 g/mol. The number of para-hydroxylation sites is 1. The number of hydrogen-bond donors (Lipinski definition) is 0. The van der Waals surface area contributed by atoms with Crippen LogP contribution in [-0.2, 0) is 0 Å². The van der Waals surface area contributed by atoms with Gasteiger partial charge < -0.3 is 0 Å². The number of imide groups is 1. The third-order valence-electron chi connectivity index (χ3n) is 5.59. The van der Waals surface area contributed by atoms with Crippen molar-refractivity contribution in [2.75, 3.05) is 0 Å². The first-order valence-electron chi connectivity index (χ1n) is 9.68. The van der Waals surface area contributed by atoms with E-state index in [4.69, 9.17) is 0 Å². The lowest BCUT2D eigenvalue weighted by Crippen LogP contribution is -2.33. The van der Waals surface area contributed by atoms with E-state index >= 15 is 0 Å². The molecule has 2 atom stereocenters. The Morgan fingerprint density at radius 2 is 1.42 bits per heavy atom. The SMILES string of the molecule is O=C1c2ccccc2C(=O)N1[C@H]1CC(SSc2ccccc2[N+](=O)[O-])c2ccccc21. The van der Waals surface area contributed by atoms with Crippen LogP contribution >= 0.6 is 21.6 Å². The number of rotatable bonds is 5. The molecule has 0 radical (unpaired) electrons. The largest absolute Gasteiger partial charge is 0.283 e. The van der Waals surface area contributed by atoms with Gasteiger partial charge in [0, 0.05) is 11.3 Å². The van der Waals surface area contributed by atoms with Crippen LogP contribution in [0.4, 0.5) is 5.69 Å². The first-order chi connectivity index (χ1) is 15.1. The van der Waals surface area contributed by atoms with Crippen LogP contribution in [0.3, 0.4) is 0 Å². The number of hydrogen-bond acceptors (Lipinski definition) is 6. The van der Waals surface area contributed by atoms with E-state index < -0.39 is 0 Å². The maximum absolute atomic E-state index is 13.0. The highest BCUT2D eigenvalue weighted by Crippen LogP contribution is 2.55. The lowest BCUT2D eigenvalue weighted by atomic mass is 10.1. The summed E-state index contributed by atoms with van der Waals surface area (Å²) in [5.74, 6) is -0.533. The summed E-state index contributed by atoms with van der Waals surface area (Å²) in [5, 5.41) is 11.3. The van der Waals surface area contributed by atoms with E-state index in [0.717, 1.165) is 11.1 Å². The van der Waals surface area contributed by atoms with Crippen molar-refractivity contribution in [3.05, 3.63) is 105 Å². The third kappa shape index (κ3) is 3.32. The fourth-order valence-electron chi connectivity index (χ4n) is 4.18. The van der Waals surface area contributed by atoms with Gasteiger partial charge in [0.15, 0.2) is 0 Å². The molecule has 31 heavy (non-hydrogen) atoms. The van der Waals surface area contributed by atoms with Crippen molar-refractivity contribution in [2.24, 2.45) is 0 Å². The smallest absolute Gasteiger partial charge is 0.269 e. The van der Waals surface area contributed by atoms with Gasteiger partial charge in [0.25, 0.3) is 17.5 Å². The van der Waals surface area contributed by atoms with E-state index in [0.29, 0.717) is 22.4 Å². The normalized spacial score (nSPS) is 19.4. The molecule has 0 saturated carbocycles. The summed E-state index contributed by atoms with van der Waals surface area (Å²) >= 11 is 0. The molecule has 3 aromatic rings. The van der Waals surface area contributed by atoms with Crippen LogP contribution < -0.4 is 0 Å². The quantitative estimate of drug-likeness (QED) is 0.212. The molecule has 154 valence electrons. The predicted octanol–water partition coefficient (Wildman–Crippen LogP) is 5.82. The average molecular weight is 449 g/mol. The molecule has 0 aromatic heterocycles. The van der Waals surface area contributed by atoms with Gasteiger partial charge in [0.2, 0.25) is 0 Å². The molecule has 1 aliphatic carbocycles. The number of nitro benzene ring substituents is 1. The molecule has 2 amide bonds. The van der Waals surface area contributed by atoms with Gasteiger partial charge in [-0.2, -0.15) is 0 Å². The number of fused-ring (bicyclic) bond motifs is 2. The second kappa shape index (κ2) is 7.86. The summed E-state index contributed by atoms with van der Waals surface area (Å²) in [5.41, 5.74) is 2.96. The second-order valence-corrected chi connectivity index (χ2v) is 9.74. The van der Waals surface area contributed by atoms with E-state index in [9.17, 15) is 19.7 Å². The molecule has 1 heterocycles. The molecule has 5 rings (SSSR count). The zero-order valence-corrected chi connectivity index (χ0v) is 17.8. The second-order valence-electron chi connectivity index (χ2n) is 7.30. The van der Waals surface area contributed by atoms with Gasteiger partial charge >= 0.3 is 0 Å². The van der Waals surface area contributed by atoms with Gasteiger partial charge in [0.05, 0.1) is 27.0 Å². The first-order valence-corrected chi connectivity index (χ1v) is 11.9. The van der Waals surface area contributed by atoms with Crippen LogP contribution in [-0.4, -0.2) is 21.6 Å².